The number of ether oxygens (including phenoxy) is 2. The smallest absolute Gasteiger partial charge is 0.256 e. The molecule has 16 heavy (non-hydrogen) atoms. The van der Waals surface area contributed by atoms with Crippen molar-refractivity contribution in [2.45, 2.75) is 0 Å². The van der Waals surface area contributed by atoms with Crippen molar-refractivity contribution < 1.29 is 14.3 Å². The van der Waals surface area contributed by atoms with E-state index in [1.165, 1.54) is 14.2 Å². The van der Waals surface area contributed by atoms with E-state index in [1.807, 2.05) is 6.07 Å². The number of nitrogens with zero attached hydrogens (tertiary/aromatic N) is 1. The van der Waals surface area contributed by atoms with Crippen molar-refractivity contribution in [3.63, 3.8) is 0 Å². The predicted octanol–water partition coefficient (Wildman–Crippen LogP) is 0.957. The summed E-state index contributed by atoms with van der Waals surface area (Å²) in [6, 6.07) is 6.81. The van der Waals surface area contributed by atoms with Gasteiger partial charge in [-0.15, -0.1) is 0 Å². The number of methoxy groups -OCH3 is 2. The van der Waals surface area contributed by atoms with E-state index in [0.29, 0.717) is 17.1 Å². The lowest BCUT2D eigenvalue weighted by Gasteiger charge is -2.11. The average Bonchev–Trinajstić information content (AvgIpc) is 2.34. The van der Waals surface area contributed by atoms with E-state index in [2.05, 4.69) is 5.32 Å². The molecule has 0 aliphatic carbocycles. The van der Waals surface area contributed by atoms with E-state index >= 15 is 0 Å². The van der Waals surface area contributed by atoms with Crippen LogP contribution in [0.15, 0.2) is 18.2 Å². The molecule has 0 heterocycles. The summed E-state index contributed by atoms with van der Waals surface area (Å²) >= 11 is 0. The van der Waals surface area contributed by atoms with E-state index < -0.39 is 0 Å². The van der Waals surface area contributed by atoms with Crippen LogP contribution in [0, 0.1) is 11.3 Å². The number of nitriles is 1. The van der Waals surface area contributed by atoms with Gasteiger partial charge in [-0.2, -0.15) is 5.26 Å². The first kappa shape index (κ1) is 11.9. The third-order valence-corrected chi connectivity index (χ3v) is 1.98. The van der Waals surface area contributed by atoms with Gasteiger partial charge in [0, 0.05) is 0 Å². The summed E-state index contributed by atoms with van der Waals surface area (Å²) in [4.78, 5) is 11.7. The first-order chi connectivity index (χ1) is 7.74. The molecule has 1 amide bonds. The molecule has 0 fully saturated rings. The largest absolute Gasteiger partial charge is 0.493 e. The number of rotatable bonds is 4. The van der Waals surface area contributed by atoms with Gasteiger partial charge in [-0.25, -0.2) is 0 Å². The Hall–Kier alpha value is -2.22. The van der Waals surface area contributed by atoms with Gasteiger partial charge in [0.25, 0.3) is 5.91 Å². The second kappa shape index (κ2) is 5.61. The summed E-state index contributed by atoms with van der Waals surface area (Å²) in [7, 11) is 2.95. The Balaban J connectivity index is 3.04. The third kappa shape index (κ3) is 2.42. The molecule has 0 bridgehead atoms. The van der Waals surface area contributed by atoms with Gasteiger partial charge >= 0.3 is 0 Å². The van der Waals surface area contributed by atoms with E-state index in [-0.39, 0.29) is 12.5 Å². The van der Waals surface area contributed by atoms with E-state index in [1.54, 1.807) is 18.2 Å². The number of nitrogens with one attached hydrogen (secondary N) is 1. The van der Waals surface area contributed by atoms with Gasteiger partial charge in [-0.1, -0.05) is 6.07 Å². The normalized spacial score (nSPS) is 9.06. The molecule has 5 nitrogen and oxygen atoms in total. The Morgan fingerprint density at radius 2 is 2.19 bits per heavy atom. The van der Waals surface area contributed by atoms with E-state index in [4.69, 9.17) is 14.7 Å². The molecule has 0 saturated carbocycles. The minimum absolute atomic E-state index is 0.0425. The highest BCUT2D eigenvalue weighted by Crippen LogP contribution is 2.30. The molecule has 0 aliphatic rings. The fraction of sp³-hybridized carbons (Fsp3) is 0.273. The molecule has 0 aromatic heterocycles. The summed E-state index contributed by atoms with van der Waals surface area (Å²) < 4.78 is 10.2. The SMILES string of the molecule is COc1cccc(C(=O)NCC#N)c1OC. The zero-order valence-corrected chi connectivity index (χ0v) is 9.11. The molecular weight excluding hydrogens is 208 g/mol. The number of hydrogen-bond donors (Lipinski definition) is 1. The molecule has 0 aliphatic heterocycles. The maximum atomic E-state index is 11.7. The number of hydrogen-bond acceptors (Lipinski definition) is 4. The number of para-hydroxylation sites is 1. The topological polar surface area (TPSA) is 71.3 Å². The monoisotopic (exact) mass is 220 g/mol. The molecule has 1 rings (SSSR count). The molecule has 0 spiro atoms. The van der Waals surface area contributed by atoms with Crippen LogP contribution < -0.4 is 14.8 Å². The molecule has 0 saturated heterocycles. The van der Waals surface area contributed by atoms with E-state index in [9.17, 15) is 4.79 Å². The molecule has 1 aromatic rings. The predicted molar refractivity (Wildman–Crippen MR) is 57.5 cm³/mol. The van der Waals surface area contributed by atoms with Crippen molar-refractivity contribution in [3.05, 3.63) is 23.8 Å². The van der Waals surface area contributed by atoms with Crippen LogP contribution in [0.2, 0.25) is 0 Å². The van der Waals surface area contributed by atoms with Gasteiger partial charge in [-0.3, -0.25) is 4.79 Å². The summed E-state index contributed by atoms with van der Waals surface area (Å²) in [5.41, 5.74) is 0.345. The molecule has 1 aromatic carbocycles. The minimum atomic E-state index is -0.364. The fourth-order valence-electron chi connectivity index (χ4n) is 1.28. The first-order valence-electron chi connectivity index (χ1n) is 4.60. The maximum absolute atomic E-state index is 11.7. The molecule has 5 heteroatoms. The maximum Gasteiger partial charge on any atom is 0.256 e. The summed E-state index contributed by atoms with van der Waals surface area (Å²) in [5.74, 6) is 0.477. The van der Waals surface area contributed by atoms with Gasteiger partial charge in [0.05, 0.1) is 25.9 Å². The Kier molecular flexibility index (Phi) is 4.16. The molecule has 84 valence electrons. The van der Waals surface area contributed by atoms with Crippen molar-refractivity contribution in [2.75, 3.05) is 20.8 Å². The first-order valence-corrected chi connectivity index (χ1v) is 4.60. The van der Waals surface area contributed by atoms with Crippen LogP contribution in [0.3, 0.4) is 0 Å². The molecule has 0 unspecified atom stereocenters. The van der Waals surface area contributed by atoms with Crippen molar-refractivity contribution in [1.82, 2.24) is 5.32 Å². The van der Waals surface area contributed by atoms with Crippen LogP contribution in [0.5, 0.6) is 11.5 Å². The minimum Gasteiger partial charge on any atom is -0.493 e. The highest BCUT2D eigenvalue weighted by molar-refractivity contribution is 5.97. The second-order valence-corrected chi connectivity index (χ2v) is 2.88. The van der Waals surface area contributed by atoms with Gasteiger partial charge in [0.1, 0.15) is 6.54 Å². The highest BCUT2D eigenvalue weighted by atomic mass is 16.5. The van der Waals surface area contributed by atoms with E-state index in [0.717, 1.165) is 0 Å². The lowest BCUT2D eigenvalue weighted by molar-refractivity contribution is 0.0955. The second-order valence-electron chi connectivity index (χ2n) is 2.88. The fourth-order valence-corrected chi connectivity index (χ4v) is 1.28. The van der Waals surface area contributed by atoms with Crippen LogP contribution in [0.1, 0.15) is 10.4 Å². The Bertz CT molecular complexity index is 424. The molecule has 0 atom stereocenters. The van der Waals surface area contributed by atoms with Crippen LogP contribution in [-0.4, -0.2) is 26.7 Å². The Labute approximate surface area is 93.6 Å². The molecule has 0 radical (unpaired) electrons. The van der Waals surface area contributed by atoms with Crippen LogP contribution >= 0.6 is 0 Å². The number of carbonyl (C=O) groups is 1. The third-order valence-electron chi connectivity index (χ3n) is 1.98. The summed E-state index contributed by atoms with van der Waals surface area (Å²) in [5, 5.41) is 10.8. The van der Waals surface area contributed by atoms with Crippen molar-refractivity contribution in [1.29, 1.82) is 5.26 Å². The number of amides is 1. The average molecular weight is 220 g/mol. The van der Waals surface area contributed by atoms with Crippen LogP contribution in [-0.2, 0) is 0 Å². The van der Waals surface area contributed by atoms with Crippen molar-refractivity contribution in [3.8, 4) is 17.6 Å². The van der Waals surface area contributed by atoms with Gasteiger partial charge in [0.2, 0.25) is 0 Å². The van der Waals surface area contributed by atoms with Crippen LogP contribution in [0.25, 0.3) is 0 Å². The molecular formula is C11H12N2O3. The summed E-state index contributed by atoms with van der Waals surface area (Å²) in [6.45, 7) is -0.0425. The lowest BCUT2D eigenvalue weighted by Crippen LogP contribution is -2.24. The van der Waals surface area contributed by atoms with Crippen molar-refractivity contribution >= 4 is 5.91 Å². The number of carbonyl (C=O) groups excluding carboxylic acids is 1. The molecule has 1 N–H and O–H groups in total. The van der Waals surface area contributed by atoms with Crippen molar-refractivity contribution in [2.24, 2.45) is 0 Å². The number of benzene rings is 1. The Morgan fingerprint density at radius 1 is 1.44 bits per heavy atom. The standard InChI is InChI=1S/C11H12N2O3/c1-15-9-5-3-4-8(10(9)16-2)11(14)13-7-6-12/h3-5H,7H2,1-2H3,(H,13,14). The zero-order chi connectivity index (χ0) is 12.0. The van der Waals surface area contributed by atoms with Gasteiger partial charge < -0.3 is 14.8 Å². The van der Waals surface area contributed by atoms with Gasteiger partial charge in [0.15, 0.2) is 11.5 Å². The van der Waals surface area contributed by atoms with Gasteiger partial charge in [-0.05, 0) is 12.1 Å². The zero-order valence-electron chi connectivity index (χ0n) is 9.11. The van der Waals surface area contributed by atoms with Crippen LogP contribution in [0.4, 0.5) is 0 Å². The highest BCUT2D eigenvalue weighted by Gasteiger charge is 2.15. The Morgan fingerprint density at radius 3 is 2.75 bits per heavy atom. The lowest BCUT2D eigenvalue weighted by atomic mass is 10.1. The quantitative estimate of drug-likeness (QED) is 0.767. The summed E-state index contributed by atoms with van der Waals surface area (Å²) in [6.07, 6.45) is 0.